The number of hydrogen-bond acceptors (Lipinski definition) is 4. The van der Waals surface area contributed by atoms with Crippen LogP contribution in [0.2, 0.25) is 0 Å². The zero-order valence-corrected chi connectivity index (χ0v) is 10.6. The Balaban J connectivity index is 2.07. The summed E-state index contributed by atoms with van der Waals surface area (Å²) in [6.07, 6.45) is 3.01. The molecule has 2 heterocycles. The van der Waals surface area contributed by atoms with Gasteiger partial charge in [-0.05, 0) is 18.2 Å². The molecule has 96 valence electrons. The van der Waals surface area contributed by atoms with Crippen LogP contribution in [0.3, 0.4) is 0 Å². The van der Waals surface area contributed by atoms with Gasteiger partial charge in [-0.3, -0.25) is 14.8 Å². The molecule has 0 aliphatic heterocycles. The summed E-state index contributed by atoms with van der Waals surface area (Å²) in [5.74, 6) is 0. The predicted molar refractivity (Wildman–Crippen MR) is 71.1 cm³/mol. The van der Waals surface area contributed by atoms with E-state index in [1.165, 1.54) is 12.3 Å². The van der Waals surface area contributed by atoms with Crippen molar-refractivity contribution in [2.24, 2.45) is 0 Å². The fourth-order valence-electron chi connectivity index (χ4n) is 1.78. The van der Waals surface area contributed by atoms with Gasteiger partial charge in [-0.25, -0.2) is 0 Å². The van der Waals surface area contributed by atoms with E-state index >= 15 is 0 Å². The first kappa shape index (κ1) is 11.7. The van der Waals surface area contributed by atoms with Crippen molar-refractivity contribution in [3.63, 3.8) is 0 Å². The second kappa shape index (κ2) is 4.36. The van der Waals surface area contributed by atoms with Gasteiger partial charge in [0.05, 0.1) is 17.4 Å². The zero-order valence-electron chi connectivity index (χ0n) is 9.74. The SMILES string of the molecule is O=S(=O)(Nc1cccc2cccnc12)c1ccn[nH]1. The van der Waals surface area contributed by atoms with E-state index in [2.05, 4.69) is 19.9 Å². The predicted octanol–water partition coefficient (Wildman–Crippen LogP) is 1.76. The molecule has 0 unspecified atom stereocenters. The van der Waals surface area contributed by atoms with E-state index in [1.807, 2.05) is 12.1 Å². The molecular weight excluding hydrogens is 264 g/mol. The van der Waals surface area contributed by atoms with E-state index in [9.17, 15) is 8.42 Å². The third-order valence-electron chi connectivity index (χ3n) is 2.64. The van der Waals surface area contributed by atoms with E-state index in [0.29, 0.717) is 11.2 Å². The molecule has 0 bridgehead atoms. The molecule has 0 atom stereocenters. The molecule has 0 radical (unpaired) electrons. The van der Waals surface area contributed by atoms with Crippen LogP contribution in [0.15, 0.2) is 53.8 Å². The maximum Gasteiger partial charge on any atom is 0.278 e. The molecule has 0 saturated carbocycles. The minimum absolute atomic E-state index is 0.0143. The van der Waals surface area contributed by atoms with Crippen LogP contribution in [-0.2, 0) is 10.0 Å². The zero-order chi connectivity index (χ0) is 13.3. The molecule has 0 aliphatic rings. The number of H-pyrrole nitrogens is 1. The van der Waals surface area contributed by atoms with E-state index in [1.54, 1.807) is 24.4 Å². The minimum Gasteiger partial charge on any atom is -0.276 e. The molecular formula is C12H10N4O2S. The first-order chi connectivity index (χ1) is 9.17. The topological polar surface area (TPSA) is 87.7 Å². The highest BCUT2D eigenvalue weighted by Gasteiger charge is 2.16. The summed E-state index contributed by atoms with van der Waals surface area (Å²) in [7, 11) is -3.67. The Morgan fingerprint density at radius 3 is 2.68 bits per heavy atom. The lowest BCUT2D eigenvalue weighted by molar-refractivity contribution is 0.597. The summed E-state index contributed by atoms with van der Waals surface area (Å²) in [5, 5.41) is 6.94. The molecule has 6 nitrogen and oxygen atoms in total. The van der Waals surface area contributed by atoms with Gasteiger partial charge >= 0.3 is 0 Å². The number of rotatable bonds is 3. The van der Waals surface area contributed by atoms with Gasteiger partial charge in [0.2, 0.25) is 0 Å². The molecule has 3 rings (SSSR count). The smallest absolute Gasteiger partial charge is 0.276 e. The molecule has 0 fully saturated rings. The maximum absolute atomic E-state index is 12.1. The maximum atomic E-state index is 12.1. The van der Waals surface area contributed by atoms with Gasteiger partial charge in [0.1, 0.15) is 0 Å². The molecule has 0 saturated heterocycles. The summed E-state index contributed by atoms with van der Waals surface area (Å²) in [6, 6.07) is 10.4. The lowest BCUT2D eigenvalue weighted by atomic mass is 10.2. The molecule has 2 aromatic heterocycles. The monoisotopic (exact) mass is 274 g/mol. The van der Waals surface area contributed by atoms with E-state index in [4.69, 9.17) is 0 Å². The number of para-hydroxylation sites is 1. The highest BCUT2D eigenvalue weighted by molar-refractivity contribution is 7.92. The number of aromatic amines is 1. The van der Waals surface area contributed by atoms with Gasteiger partial charge in [0.25, 0.3) is 10.0 Å². The van der Waals surface area contributed by atoms with Crippen LogP contribution in [0.5, 0.6) is 0 Å². The quantitative estimate of drug-likeness (QED) is 0.761. The highest BCUT2D eigenvalue weighted by Crippen LogP contribution is 2.22. The number of nitrogens with one attached hydrogen (secondary N) is 2. The molecule has 2 N–H and O–H groups in total. The van der Waals surface area contributed by atoms with Gasteiger partial charge in [-0.1, -0.05) is 18.2 Å². The average molecular weight is 274 g/mol. The van der Waals surface area contributed by atoms with E-state index in [-0.39, 0.29) is 5.03 Å². The minimum atomic E-state index is -3.67. The van der Waals surface area contributed by atoms with Crippen LogP contribution in [-0.4, -0.2) is 23.6 Å². The third-order valence-corrected chi connectivity index (χ3v) is 3.94. The Bertz CT molecular complexity index is 807. The Labute approximate surface area is 109 Å². The number of pyridine rings is 1. The second-order valence-electron chi connectivity index (χ2n) is 3.91. The summed E-state index contributed by atoms with van der Waals surface area (Å²) < 4.78 is 26.7. The summed E-state index contributed by atoms with van der Waals surface area (Å²) >= 11 is 0. The van der Waals surface area contributed by atoms with Crippen LogP contribution in [0, 0.1) is 0 Å². The number of fused-ring (bicyclic) bond motifs is 1. The molecule has 7 heteroatoms. The fourth-order valence-corrected chi connectivity index (χ4v) is 2.76. The Morgan fingerprint density at radius 2 is 1.89 bits per heavy atom. The van der Waals surface area contributed by atoms with Crippen molar-refractivity contribution in [2.45, 2.75) is 5.03 Å². The molecule has 3 aromatic rings. The molecule has 0 aliphatic carbocycles. The number of hydrogen-bond donors (Lipinski definition) is 2. The van der Waals surface area contributed by atoms with Crippen molar-refractivity contribution >= 4 is 26.6 Å². The van der Waals surface area contributed by atoms with Crippen LogP contribution < -0.4 is 4.72 Å². The van der Waals surface area contributed by atoms with E-state index < -0.39 is 10.0 Å². The highest BCUT2D eigenvalue weighted by atomic mass is 32.2. The molecule has 0 spiro atoms. The number of nitrogens with zero attached hydrogens (tertiary/aromatic N) is 2. The largest absolute Gasteiger partial charge is 0.278 e. The van der Waals surface area contributed by atoms with Gasteiger partial charge in [-0.2, -0.15) is 13.5 Å². The summed E-state index contributed by atoms with van der Waals surface area (Å²) in [5.41, 5.74) is 1.04. The number of anilines is 1. The fraction of sp³-hybridized carbons (Fsp3) is 0. The Morgan fingerprint density at radius 1 is 1.05 bits per heavy atom. The molecule has 1 aromatic carbocycles. The van der Waals surface area contributed by atoms with Crippen molar-refractivity contribution in [1.29, 1.82) is 0 Å². The first-order valence-corrected chi connectivity index (χ1v) is 7.01. The van der Waals surface area contributed by atoms with Crippen molar-refractivity contribution < 1.29 is 8.42 Å². The average Bonchev–Trinajstić information content (AvgIpc) is 2.93. The first-order valence-electron chi connectivity index (χ1n) is 5.53. The Kier molecular flexibility index (Phi) is 2.68. The standard InChI is InChI=1S/C12H10N4O2S/c17-19(18,11-6-8-14-15-11)16-10-5-1-3-9-4-2-7-13-12(9)10/h1-8,16H,(H,14,15). The van der Waals surface area contributed by atoms with Crippen molar-refractivity contribution in [1.82, 2.24) is 15.2 Å². The molecule has 19 heavy (non-hydrogen) atoms. The second-order valence-corrected chi connectivity index (χ2v) is 5.56. The van der Waals surface area contributed by atoms with E-state index in [0.717, 1.165) is 5.39 Å². The van der Waals surface area contributed by atoms with Crippen molar-refractivity contribution in [3.8, 4) is 0 Å². The summed E-state index contributed by atoms with van der Waals surface area (Å²) in [6.45, 7) is 0. The van der Waals surface area contributed by atoms with Crippen LogP contribution in [0.25, 0.3) is 10.9 Å². The van der Waals surface area contributed by atoms with Gasteiger partial charge in [0, 0.05) is 11.6 Å². The van der Waals surface area contributed by atoms with Crippen LogP contribution in [0.4, 0.5) is 5.69 Å². The van der Waals surface area contributed by atoms with Crippen molar-refractivity contribution in [3.05, 3.63) is 48.8 Å². The van der Waals surface area contributed by atoms with Crippen molar-refractivity contribution in [2.75, 3.05) is 4.72 Å². The lowest BCUT2D eigenvalue weighted by Gasteiger charge is -2.08. The Hall–Kier alpha value is -2.41. The van der Waals surface area contributed by atoms with Gasteiger partial charge < -0.3 is 0 Å². The number of benzene rings is 1. The van der Waals surface area contributed by atoms with Gasteiger partial charge in [-0.15, -0.1) is 0 Å². The lowest BCUT2D eigenvalue weighted by Crippen LogP contribution is -2.13. The van der Waals surface area contributed by atoms with Gasteiger partial charge in [0.15, 0.2) is 5.03 Å². The third kappa shape index (κ3) is 2.15. The normalized spacial score (nSPS) is 11.6. The summed E-state index contributed by atoms with van der Waals surface area (Å²) in [4.78, 5) is 4.19. The number of aromatic nitrogens is 3. The molecule has 0 amide bonds. The van der Waals surface area contributed by atoms with Crippen LogP contribution in [0.1, 0.15) is 0 Å². The van der Waals surface area contributed by atoms with Crippen LogP contribution >= 0.6 is 0 Å². The number of sulfonamides is 1.